The summed E-state index contributed by atoms with van der Waals surface area (Å²) in [6.07, 6.45) is 1.07. The van der Waals surface area contributed by atoms with Crippen LogP contribution in [0.3, 0.4) is 0 Å². The molecule has 0 saturated carbocycles. The first-order valence-electron chi connectivity index (χ1n) is 8.75. The standard InChI is InChI=1S/C20H24ClN3O/c1-2-16-3-5-17(6-4-16)15-23-11-13-24(14-12-23)20(25)22-19-9-7-18(21)8-10-19/h3-10H,2,11-15H2,1H3,(H,22,25). The van der Waals surface area contributed by atoms with E-state index in [4.69, 9.17) is 11.6 Å². The summed E-state index contributed by atoms with van der Waals surface area (Å²) < 4.78 is 0. The van der Waals surface area contributed by atoms with E-state index in [2.05, 4.69) is 41.4 Å². The van der Waals surface area contributed by atoms with Crippen LogP contribution >= 0.6 is 11.6 Å². The number of amides is 2. The summed E-state index contributed by atoms with van der Waals surface area (Å²) in [6.45, 7) is 6.38. The first kappa shape index (κ1) is 17.8. The van der Waals surface area contributed by atoms with Gasteiger partial charge in [0.15, 0.2) is 0 Å². The predicted molar refractivity (Wildman–Crippen MR) is 103 cm³/mol. The average molecular weight is 358 g/mol. The summed E-state index contributed by atoms with van der Waals surface area (Å²) in [5.74, 6) is 0. The van der Waals surface area contributed by atoms with Crippen molar-refractivity contribution < 1.29 is 4.79 Å². The number of urea groups is 1. The van der Waals surface area contributed by atoms with E-state index in [1.807, 2.05) is 17.0 Å². The number of benzene rings is 2. The van der Waals surface area contributed by atoms with Crippen LogP contribution in [-0.4, -0.2) is 42.0 Å². The van der Waals surface area contributed by atoms with Gasteiger partial charge in [0.05, 0.1) is 0 Å². The monoisotopic (exact) mass is 357 g/mol. The van der Waals surface area contributed by atoms with Crippen LogP contribution in [0.5, 0.6) is 0 Å². The van der Waals surface area contributed by atoms with E-state index in [0.29, 0.717) is 5.02 Å². The van der Waals surface area contributed by atoms with E-state index in [1.165, 1.54) is 11.1 Å². The van der Waals surface area contributed by atoms with E-state index < -0.39 is 0 Å². The second-order valence-corrected chi connectivity index (χ2v) is 6.81. The van der Waals surface area contributed by atoms with Crippen molar-refractivity contribution in [2.75, 3.05) is 31.5 Å². The highest BCUT2D eigenvalue weighted by Gasteiger charge is 2.21. The highest BCUT2D eigenvalue weighted by atomic mass is 35.5. The second kappa shape index (κ2) is 8.37. The molecule has 1 fully saturated rings. The molecule has 3 rings (SSSR count). The summed E-state index contributed by atoms with van der Waals surface area (Å²) in [4.78, 5) is 16.6. The second-order valence-electron chi connectivity index (χ2n) is 6.37. The minimum Gasteiger partial charge on any atom is -0.322 e. The van der Waals surface area contributed by atoms with E-state index in [0.717, 1.165) is 44.8 Å². The third-order valence-corrected chi connectivity index (χ3v) is 4.84. The first-order chi connectivity index (χ1) is 12.1. The molecule has 0 atom stereocenters. The molecule has 1 N–H and O–H groups in total. The van der Waals surface area contributed by atoms with Crippen LogP contribution < -0.4 is 5.32 Å². The zero-order valence-electron chi connectivity index (χ0n) is 14.5. The maximum atomic E-state index is 12.4. The maximum absolute atomic E-state index is 12.4. The molecule has 1 aliphatic rings. The molecule has 132 valence electrons. The van der Waals surface area contributed by atoms with Crippen LogP contribution in [0.4, 0.5) is 10.5 Å². The largest absolute Gasteiger partial charge is 0.322 e. The molecule has 0 aliphatic carbocycles. The molecule has 1 heterocycles. The number of nitrogens with one attached hydrogen (secondary N) is 1. The van der Waals surface area contributed by atoms with Crippen LogP contribution in [0.25, 0.3) is 0 Å². The fourth-order valence-corrected chi connectivity index (χ4v) is 3.11. The Morgan fingerprint density at radius 3 is 2.16 bits per heavy atom. The van der Waals surface area contributed by atoms with Gasteiger partial charge in [0.1, 0.15) is 0 Å². The normalized spacial score (nSPS) is 15.2. The van der Waals surface area contributed by atoms with Gasteiger partial charge in [-0.15, -0.1) is 0 Å². The summed E-state index contributed by atoms with van der Waals surface area (Å²) in [5.41, 5.74) is 3.47. The zero-order chi connectivity index (χ0) is 17.6. The van der Waals surface area contributed by atoms with Gasteiger partial charge >= 0.3 is 6.03 Å². The summed E-state index contributed by atoms with van der Waals surface area (Å²) >= 11 is 5.87. The number of piperazine rings is 1. The van der Waals surface area contributed by atoms with Crippen LogP contribution in [0.2, 0.25) is 5.02 Å². The van der Waals surface area contributed by atoms with Crippen molar-refractivity contribution in [2.24, 2.45) is 0 Å². The molecule has 0 bridgehead atoms. The van der Waals surface area contributed by atoms with Gasteiger partial charge in [0.25, 0.3) is 0 Å². The van der Waals surface area contributed by atoms with Crippen molar-refractivity contribution in [2.45, 2.75) is 19.9 Å². The smallest absolute Gasteiger partial charge is 0.321 e. The molecule has 0 aromatic heterocycles. The summed E-state index contributed by atoms with van der Waals surface area (Å²) in [7, 11) is 0. The number of nitrogens with zero attached hydrogens (tertiary/aromatic N) is 2. The lowest BCUT2D eigenvalue weighted by Gasteiger charge is -2.34. The van der Waals surface area contributed by atoms with Gasteiger partial charge in [-0.25, -0.2) is 4.79 Å². The molecule has 0 unspecified atom stereocenters. The Labute approximate surface area is 154 Å². The summed E-state index contributed by atoms with van der Waals surface area (Å²) in [6, 6.07) is 16.0. The van der Waals surface area contributed by atoms with Gasteiger partial charge in [0.2, 0.25) is 0 Å². The Kier molecular flexibility index (Phi) is 5.95. The molecule has 2 amide bonds. The van der Waals surface area contributed by atoms with Gasteiger partial charge in [-0.2, -0.15) is 0 Å². The Morgan fingerprint density at radius 2 is 1.56 bits per heavy atom. The maximum Gasteiger partial charge on any atom is 0.321 e. The molecule has 4 nitrogen and oxygen atoms in total. The van der Waals surface area contributed by atoms with Gasteiger partial charge in [0, 0.05) is 43.4 Å². The van der Waals surface area contributed by atoms with Crippen molar-refractivity contribution in [3.8, 4) is 0 Å². The molecule has 1 aliphatic heterocycles. The van der Waals surface area contributed by atoms with Crippen molar-refractivity contribution in [1.29, 1.82) is 0 Å². The first-order valence-corrected chi connectivity index (χ1v) is 9.13. The number of hydrogen-bond donors (Lipinski definition) is 1. The fraction of sp³-hybridized carbons (Fsp3) is 0.350. The van der Waals surface area contributed by atoms with Gasteiger partial charge < -0.3 is 10.2 Å². The van der Waals surface area contributed by atoms with Crippen LogP contribution in [0.15, 0.2) is 48.5 Å². The van der Waals surface area contributed by atoms with Crippen LogP contribution in [0.1, 0.15) is 18.1 Å². The van der Waals surface area contributed by atoms with Gasteiger partial charge in [-0.1, -0.05) is 42.8 Å². The van der Waals surface area contributed by atoms with Gasteiger partial charge in [-0.05, 0) is 41.8 Å². The molecule has 1 saturated heterocycles. The fourth-order valence-electron chi connectivity index (χ4n) is 2.98. The Hall–Kier alpha value is -2.04. The molecule has 2 aromatic rings. The highest BCUT2D eigenvalue weighted by Crippen LogP contribution is 2.15. The Morgan fingerprint density at radius 1 is 0.960 bits per heavy atom. The highest BCUT2D eigenvalue weighted by molar-refractivity contribution is 6.30. The topological polar surface area (TPSA) is 35.6 Å². The number of carbonyl (C=O) groups excluding carboxylic acids is 1. The minimum absolute atomic E-state index is 0.0470. The molecule has 25 heavy (non-hydrogen) atoms. The summed E-state index contributed by atoms with van der Waals surface area (Å²) in [5, 5.41) is 3.59. The van der Waals surface area contributed by atoms with E-state index >= 15 is 0 Å². The minimum atomic E-state index is -0.0470. The van der Waals surface area contributed by atoms with Crippen molar-refractivity contribution in [3.05, 3.63) is 64.7 Å². The van der Waals surface area contributed by atoms with Crippen molar-refractivity contribution in [3.63, 3.8) is 0 Å². The van der Waals surface area contributed by atoms with Crippen LogP contribution in [0, 0.1) is 0 Å². The lowest BCUT2D eigenvalue weighted by atomic mass is 10.1. The SMILES string of the molecule is CCc1ccc(CN2CCN(C(=O)Nc3ccc(Cl)cc3)CC2)cc1. The third kappa shape index (κ3) is 4.97. The molecule has 0 spiro atoms. The molecular weight excluding hydrogens is 334 g/mol. The van der Waals surface area contributed by atoms with E-state index in [1.54, 1.807) is 12.1 Å². The quantitative estimate of drug-likeness (QED) is 0.887. The number of aryl methyl sites for hydroxylation is 1. The van der Waals surface area contributed by atoms with E-state index in [-0.39, 0.29) is 6.03 Å². The van der Waals surface area contributed by atoms with Crippen LogP contribution in [-0.2, 0) is 13.0 Å². The Bertz CT molecular complexity index is 692. The zero-order valence-corrected chi connectivity index (χ0v) is 15.3. The molecule has 2 aromatic carbocycles. The van der Waals surface area contributed by atoms with Gasteiger partial charge in [-0.3, -0.25) is 4.90 Å². The third-order valence-electron chi connectivity index (χ3n) is 4.59. The van der Waals surface area contributed by atoms with E-state index in [9.17, 15) is 4.79 Å². The van der Waals surface area contributed by atoms with Crippen molar-refractivity contribution in [1.82, 2.24) is 9.80 Å². The molecular formula is C20H24ClN3O. The molecule has 5 heteroatoms. The number of anilines is 1. The lowest BCUT2D eigenvalue weighted by molar-refractivity contribution is 0.143. The predicted octanol–water partition coefficient (Wildman–Crippen LogP) is 4.25. The lowest BCUT2D eigenvalue weighted by Crippen LogP contribution is -2.49. The Balaban J connectivity index is 1.47. The number of carbonyl (C=O) groups is 1. The van der Waals surface area contributed by atoms with Crippen molar-refractivity contribution >= 4 is 23.3 Å². The number of hydrogen-bond acceptors (Lipinski definition) is 2. The number of halogens is 1. The number of rotatable bonds is 4. The molecule has 0 radical (unpaired) electrons. The average Bonchev–Trinajstić information content (AvgIpc) is 2.65.